The molecule has 114 valence electrons. The van der Waals surface area contributed by atoms with Gasteiger partial charge in [-0.2, -0.15) is 0 Å². The van der Waals surface area contributed by atoms with Gasteiger partial charge in [0.2, 0.25) is 5.91 Å². The minimum absolute atomic E-state index is 0.217. The first-order chi connectivity index (χ1) is 9.93. The molecule has 1 saturated carbocycles. The van der Waals surface area contributed by atoms with Crippen molar-refractivity contribution < 1.29 is 19.5 Å². The molecule has 0 spiro atoms. The lowest BCUT2D eigenvalue weighted by Crippen LogP contribution is -2.54. The van der Waals surface area contributed by atoms with Crippen molar-refractivity contribution in [2.75, 3.05) is 6.54 Å². The fraction of sp³-hybridized carbons (Fsp3) is 0.500. The number of nitrogens with one attached hydrogen (secondary N) is 2. The predicted octanol–water partition coefficient (Wildman–Crippen LogP) is 1.30. The van der Waals surface area contributed by atoms with Crippen molar-refractivity contribution in [3.05, 3.63) is 21.9 Å². The van der Waals surface area contributed by atoms with Gasteiger partial charge in [-0.25, -0.2) is 4.79 Å². The molecule has 2 amide bonds. The van der Waals surface area contributed by atoms with Crippen molar-refractivity contribution in [3.63, 3.8) is 0 Å². The van der Waals surface area contributed by atoms with Crippen molar-refractivity contribution >= 4 is 29.1 Å². The van der Waals surface area contributed by atoms with Gasteiger partial charge in [0.05, 0.1) is 11.4 Å². The fourth-order valence-electron chi connectivity index (χ4n) is 2.49. The minimum atomic E-state index is -1.17. The number of carbonyl (C=O) groups is 3. The molecule has 1 aliphatic rings. The molecule has 7 heteroatoms. The van der Waals surface area contributed by atoms with Gasteiger partial charge < -0.3 is 15.7 Å². The lowest BCUT2D eigenvalue weighted by atomic mass is 9.98. The molecular formula is C14H18N2O4S. The van der Waals surface area contributed by atoms with Crippen molar-refractivity contribution in [2.24, 2.45) is 0 Å². The Kier molecular flexibility index (Phi) is 4.62. The maximum absolute atomic E-state index is 11.9. The SMILES string of the molecule is Cc1ccc(C(=O)NCC(=O)NC2(C(=O)O)CCCC2)s1. The molecule has 6 nitrogen and oxygen atoms in total. The highest BCUT2D eigenvalue weighted by Crippen LogP contribution is 2.29. The topological polar surface area (TPSA) is 95.5 Å². The molecule has 0 radical (unpaired) electrons. The number of rotatable bonds is 5. The van der Waals surface area contributed by atoms with Crippen LogP contribution in [-0.4, -0.2) is 35.0 Å². The first kappa shape index (κ1) is 15.5. The molecule has 21 heavy (non-hydrogen) atoms. The largest absolute Gasteiger partial charge is 0.480 e. The van der Waals surface area contributed by atoms with Gasteiger partial charge in [-0.15, -0.1) is 11.3 Å². The number of carboxylic acids is 1. The van der Waals surface area contributed by atoms with Crippen molar-refractivity contribution in [2.45, 2.75) is 38.1 Å². The molecule has 0 bridgehead atoms. The van der Waals surface area contributed by atoms with Crippen LogP contribution in [0.25, 0.3) is 0 Å². The summed E-state index contributed by atoms with van der Waals surface area (Å²) in [5, 5.41) is 14.3. The summed E-state index contributed by atoms with van der Waals surface area (Å²) < 4.78 is 0. The summed E-state index contributed by atoms with van der Waals surface area (Å²) in [4.78, 5) is 36.6. The van der Waals surface area contributed by atoms with E-state index in [0.717, 1.165) is 17.7 Å². The highest BCUT2D eigenvalue weighted by atomic mass is 32.1. The third-order valence-corrected chi connectivity index (χ3v) is 4.62. The number of amides is 2. The summed E-state index contributed by atoms with van der Waals surface area (Å²) in [6.07, 6.45) is 2.44. The van der Waals surface area contributed by atoms with Crippen molar-refractivity contribution in [3.8, 4) is 0 Å². The molecule has 0 unspecified atom stereocenters. The van der Waals surface area contributed by atoms with E-state index in [1.165, 1.54) is 11.3 Å². The van der Waals surface area contributed by atoms with Gasteiger partial charge in [0, 0.05) is 4.88 Å². The zero-order valence-corrected chi connectivity index (χ0v) is 12.6. The Labute approximate surface area is 126 Å². The fourth-order valence-corrected chi connectivity index (χ4v) is 3.27. The summed E-state index contributed by atoms with van der Waals surface area (Å²) in [6.45, 7) is 1.68. The standard InChI is InChI=1S/C14H18N2O4S/c1-9-4-5-10(21-9)12(18)15-8-11(17)16-14(13(19)20)6-2-3-7-14/h4-5H,2-3,6-8H2,1H3,(H,15,18)(H,16,17)(H,19,20). The van der Waals surface area contributed by atoms with Crippen LogP contribution in [0.3, 0.4) is 0 Å². The van der Waals surface area contributed by atoms with Gasteiger partial charge in [-0.05, 0) is 31.9 Å². The number of carboxylic acid groups (broad SMARTS) is 1. The van der Waals surface area contributed by atoms with E-state index in [4.69, 9.17) is 0 Å². The van der Waals surface area contributed by atoms with Crippen LogP contribution in [0.5, 0.6) is 0 Å². The van der Waals surface area contributed by atoms with E-state index in [1.807, 2.05) is 13.0 Å². The Morgan fingerprint density at radius 2 is 1.95 bits per heavy atom. The maximum atomic E-state index is 11.9. The number of aliphatic carboxylic acids is 1. The lowest BCUT2D eigenvalue weighted by Gasteiger charge is -2.25. The van der Waals surface area contributed by atoms with Gasteiger partial charge >= 0.3 is 5.97 Å². The third-order valence-electron chi connectivity index (χ3n) is 3.62. The highest BCUT2D eigenvalue weighted by Gasteiger charge is 2.42. The first-order valence-electron chi connectivity index (χ1n) is 6.82. The zero-order valence-electron chi connectivity index (χ0n) is 11.8. The van der Waals surface area contributed by atoms with Crippen LogP contribution in [0.1, 0.15) is 40.2 Å². The smallest absolute Gasteiger partial charge is 0.329 e. The van der Waals surface area contributed by atoms with E-state index < -0.39 is 17.4 Å². The number of thiophene rings is 1. The number of aryl methyl sites for hydroxylation is 1. The molecule has 1 aromatic rings. The average Bonchev–Trinajstić information content (AvgIpc) is 3.06. The second-order valence-corrected chi connectivity index (χ2v) is 6.52. The minimum Gasteiger partial charge on any atom is -0.480 e. The molecule has 1 aromatic heterocycles. The predicted molar refractivity (Wildman–Crippen MR) is 78.4 cm³/mol. The quantitative estimate of drug-likeness (QED) is 0.764. The highest BCUT2D eigenvalue weighted by molar-refractivity contribution is 7.13. The monoisotopic (exact) mass is 310 g/mol. The van der Waals surface area contributed by atoms with Crippen molar-refractivity contribution in [1.82, 2.24) is 10.6 Å². The van der Waals surface area contributed by atoms with Gasteiger partial charge in [0.1, 0.15) is 5.54 Å². The van der Waals surface area contributed by atoms with Crippen LogP contribution in [0.2, 0.25) is 0 Å². The second-order valence-electron chi connectivity index (χ2n) is 5.24. The van der Waals surface area contributed by atoms with E-state index in [1.54, 1.807) is 6.07 Å². The van der Waals surface area contributed by atoms with Crippen molar-refractivity contribution in [1.29, 1.82) is 0 Å². The Morgan fingerprint density at radius 1 is 1.29 bits per heavy atom. The van der Waals surface area contributed by atoms with Crippen LogP contribution < -0.4 is 10.6 Å². The van der Waals surface area contributed by atoms with E-state index in [-0.39, 0.29) is 12.5 Å². The normalized spacial score (nSPS) is 16.4. The molecule has 1 heterocycles. The van der Waals surface area contributed by atoms with Gasteiger partial charge in [0.25, 0.3) is 5.91 Å². The van der Waals surface area contributed by atoms with Crippen LogP contribution in [0.15, 0.2) is 12.1 Å². The Bertz CT molecular complexity index is 561. The van der Waals surface area contributed by atoms with Crippen LogP contribution in [0, 0.1) is 6.92 Å². The van der Waals surface area contributed by atoms with Gasteiger partial charge in [0.15, 0.2) is 0 Å². The van der Waals surface area contributed by atoms with Crippen LogP contribution >= 0.6 is 11.3 Å². The van der Waals surface area contributed by atoms with Gasteiger partial charge in [-0.1, -0.05) is 12.8 Å². The van der Waals surface area contributed by atoms with E-state index >= 15 is 0 Å². The third kappa shape index (κ3) is 3.60. The summed E-state index contributed by atoms with van der Waals surface area (Å²) in [5.41, 5.74) is -1.17. The summed E-state index contributed by atoms with van der Waals surface area (Å²) in [6, 6.07) is 3.53. The van der Waals surface area contributed by atoms with E-state index in [9.17, 15) is 19.5 Å². The molecule has 0 aromatic carbocycles. The first-order valence-corrected chi connectivity index (χ1v) is 7.64. The number of carbonyl (C=O) groups excluding carboxylic acids is 2. The maximum Gasteiger partial charge on any atom is 0.329 e. The van der Waals surface area contributed by atoms with E-state index in [2.05, 4.69) is 10.6 Å². The van der Waals surface area contributed by atoms with Crippen LogP contribution in [-0.2, 0) is 9.59 Å². The number of hydrogen-bond donors (Lipinski definition) is 3. The van der Waals surface area contributed by atoms with Crippen LogP contribution in [0.4, 0.5) is 0 Å². The summed E-state index contributed by atoms with van der Waals surface area (Å²) in [7, 11) is 0. The second kappa shape index (κ2) is 6.26. The average molecular weight is 310 g/mol. The number of hydrogen-bond acceptors (Lipinski definition) is 4. The Balaban J connectivity index is 1.87. The Morgan fingerprint density at radius 3 is 2.48 bits per heavy atom. The zero-order chi connectivity index (χ0) is 15.5. The Hall–Kier alpha value is -1.89. The molecular weight excluding hydrogens is 292 g/mol. The molecule has 3 N–H and O–H groups in total. The molecule has 0 aliphatic heterocycles. The molecule has 2 rings (SSSR count). The molecule has 1 fully saturated rings. The van der Waals surface area contributed by atoms with Gasteiger partial charge in [-0.3, -0.25) is 9.59 Å². The lowest BCUT2D eigenvalue weighted by molar-refractivity contribution is -0.147. The molecule has 1 aliphatic carbocycles. The summed E-state index contributed by atoms with van der Waals surface area (Å²) >= 11 is 1.35. The molecule has 0 atom stereocenters. The summed E-state index contributed by atoms with van der Waals surface area (Å²) in [5.74, 6) is -1.80. The molecule has 0 saturated heterocycles. The van der Waals surface area contributed by atoms with E-state index in [0.29, 0.717) is 17.7 Å².